The van der Waals surface area contributed by atoms with E-state index in [1.165, 1.54) is 0 Å². The molecule has 3 nitrogen and oxygen atoms in total. The summed E-state index contributed by atoms with van der Waals surface area (Å²) in [6.45, 7) is 2.45. The van der Waals surface area contributed by atoms with Gasteiger partial charge in [-0.3, -0.25) is 0 Å². The van der Waals surface area contributed by atoms with Gasteiger partial charge in [0.1, 0.15) is 0 Å². The number of hydrogen-bond acceptors (Lipinski definition) is 3. The van der Waals surface area contributed by atoms with E-state index in [4.69, 9.17) is 10.5 Å². The molecule has 0 radical (unpaired) electrons. The van der Waals surface area contributed by atoms with E-state index in [1.54, 1.807) is 7.11 Å². The Morgan fingerprint density at radius 3 is 2.69 bits per heavy atom. The van der Waals surface area contributed by atoms with Crippen molar-refractivity contribution in [2.45, 2.75) is 13.3 Å². The number of methoxy groups -OCH3 is 1. The molecule has 0 saturated heterocycles. The molecule has 72 valence electrons. The molecule has 0 aliphatic carbocycles. The minimum Gasteiger partial charge on any atom is -0.504 e. The second-order valence-electron chi connectivity index (χ2n) is 3.00. The zero-order chi connectivity index (χ0) is 9.84. The van der Waals surface area contributed by atoms with Crippen molar-refractivity contribution < 1.29 is 9.84 Å². The predicted octanol–water partition coefficient (Wildman–Crippen LogP) is 1.21. The van der Waals surface area contributed by atoms with Crippen molar-refractivity contribution in [3.05, 3.63) is 23.3 Å². The van der Waals surface area contributed by atoms with Gasteiger partial charge in [-0.05, 0) is 37.1 Å². The van der Waals surface area contributed by atoms with Crippen LogP contribution in [0.4, 0.5) is 0 Å². The van der Waals surface area contributed by atoms with Crippen LogP contribution >= 0.6 is 0 Å². The summed E-state index contributed by atoms with van der Waals surface area (Å²) in [4.78, 5) is 0. The Balaban J connectivity index is 3.06. The average molecular weight is 181 g/mol. The van der Waals surface area contributed by atoms with Crippen molar-refractivity contribution in [1.29, 1.82) is 0 Å². The first kappa shape index (κ1) is 9.86. The van der Waals surface area contributed by atoms with Gasteiger partial charge in [-0.1, -0.05) is 6.07 Å². The van der Waals surface area contributed by atoms with Crippen molar-refractivity contribution in [1.82, 2.24) is 0 Å². The van der Waals surface area contributed by atoms with Crippen LogP contribution in [0, 0.1) is 6.92 Å². The van der Waals surface area contributed by atoms with Gasteiger partial charge in [0, 0.05) is 0 Å². The molecule has 0 aromatic heterocycles. The highest BCUT2D eigenvalue weighted by Gasteiger charge is 2.06. The van der Waals surface area contributed by atoms with Crippen LogP contribution in [-0.2, 0) is 6.42 Å². The highest BCUT2D eigenvalue weighted by atomic mass is 16.5. The number of phenols is 1. The standard InChI is InChI=1S/C10H15NO2/c1-7-5-8(3-4-11)6-9(13-2)10(7)12/h5-6,12H,3-4,11H2,1-2H3. The maximum Gasteiger partial charge on any atom is 0.161 e. The molecular formula is C10H15NO2. The van der Waals surface area contributed by atoms with E-state index >= 15 is 0 Å². The van der Waals surface area contributed by atoms with Crippen molar-refractivity contribution in [3.63, 3.8) is 0 Å². The first-order valence-corrected chi connectivity index (χ1v) is 4.25. The Labute approximate surface area is 78.1 Å². The summed E-state index contributed by atoms with van der Waals surface area (Å²) >= 11 is 0. The number of hydrogen-bond donors (Lipinski definition) is 2. The molecule has 0 bridgehead atoms. The molecule has 0 amide bonds. The molecule has 0 fully saturated rings. The van der Waals surface area contributed by atoms with Crippen LogP contribution in [0.25, 0.3) is 0 Å². The van der Waals surface area contributed by atoms with Crippen molar-refractivity contribution >= 4 is 0 Å². The maximum atomic E-state index is 9.53. The van der Waals surface area contributed by atoms with Crippen LogP contribution < -0.4 is 10.5 Å². The molecule has 0 unspecified atom stereocenters. The fraction of sp³-hybridized carbons (Fsp3) is 0.400. The largest absolute Gasteiger partial charge is 0.504 e. The summed E-state index contributed by atoms with van der Waals surface area (Å²) in [5, 5.41) is 9.53. The Morgan fingerprint density at radius 2 is 2.15 bits per heavy atom. The van der Waals surface area contributed by atoms with Crippen molar-refractivity contribution in [3.8, 4) is 11.5 Å². The van der Waals surface area contributed by atoms with Crippen molar-refractivity contribution in [2.24, 2.45) is 5.73 Å². The summed E-state index contributed by atoms with van der Waals surface area (Å²) in [6, 6.07) is 3.74. The lowest BCUT2D eigenvalue weighted by atomic mass is 10.1. The lowest BCUT2D eigenvalue weighted by molar-refractivity contribution is 0.371. The number of rotatable bonds is 3. The third-order valence-electron chi connectivity index (χ3n) is 1.98. The van der Waals surface area contributed by atoms with Gasteiger partial charge in [-0.25, -0.2) is 0 Å². The highest BCUT2D eigenvalue weighted by molar-refractivity contribution is 5.47. The normalized spacial score (nSPS) is 10.1. The van der Waals surface area contributed by atoms with Gasteiger partial charge in [0.05, 0.1) is 7.11 Å². The van der Waals surface area contributed by atoms with Gasteiger partial charge in [0.15, 0.2) is 11.5 Å². The highest BCUT2D eigenvalue weighted by Crippen LogP contribution is 2.30. The molecule has 0 saturated carbocycles. The molecule has 0 aliphatic heterocycles. The minimum absolute atomic E-state index is 0.211. The smallest absolute Gasteiger partial charge is 0.161 e. The number of aryl methyl sites for hydroxylation is 1. The number of nitrogens with two attached hydrogens (primary N) is 1. The SMILES string of the molecule is COc1cc(CCN)cc(C)c1O. The Hall–Kier alpha value is -1.22. The lowest BCUT2D eigenvalue weighted by Gasteiger charge is -2.08. The molecule has 1 aromatic carbocycles. The topological polar surface area (TPSA) is 55.5 Å². The predicted molar refractivity (Wildman–Crippen MR) is 52.2 cm³/mol. The van der Waals surface area contributed by atoms with E-state index in [0.717, 1.165) is 17.5 Å². The summed E-state index contributed by atoms with van der Waals surface area (Å²) in [5.74, 6) is 0.728. The van der Waals surface area contributed by atoms with Gasteiger partial charge in [-0.15, -0.1) is 0 Å². The van der Waals surface area contributed by atoms with Gasteiger partial charge < -0.3 is 15.6 Å². The number of phenolic OH excluding ortho intramolecular Hbond substituents is 1. The quantitative estimate of drug-likeness (QED) is 0.737. The summed E-state index contributed by atoms with van der Waals surface area (Å²) in [7, 11) is 1.54. The van der Waals surface area contributed by atoms with Gasteiger partial charge in [-0.2, -0.15) is 0 Å². The molecule has 3 N–H and O–H groups in total. The van der Waals surface area contributed by atoms with Crippen LogP contribution in [0.5, 0.6) is 11.5 Å². The molecule has 0 spiro atoms. The second kappa shape index (κ2) is 4.14. The summed E-state index contributed by atoms with van der Waals surface area (Å²) in [5.41, 5.74) is 7.35. The van der Waals surface area contributed by atoms with Gasteiger partial charge in [0.25, 0.3) is 0 Å². The van der Waals surface area contributed by atoms with E-state index in [0.29, 0.717) is 12.3 Å². The Bertz CT molecular complexity index is 297. The molecule has 1 rings (SSSR count). The van der Waals surface area contributed by atoms with Crippen LogP contribution in [0.3, 0.4) is 0 Å². The first-order chi connectivity index (χ1) is 6.19. The third-order valence-corrected chi connectivity index (χ3v) is 1.98. The zero-order valence-corrected chi connectivity index (χ0v) is 8.00. The molecule has 13 heavy (non-hydrogen) atoms. The molecular weight excluding hydrogens is 166 g/mol. The maximum absolute atomic E-state index is 9.53. The monoisotopic (exact) mass is 181 g/mol. The van der Waals surface area contributed by atoms with Gasteiger partial charge in [0.2, 0.25) is 0 Å². The molecule has 0 aliphatic rings. The van der Waals surface area contributed by atoms with Crippen LogP contribution in [-0.4, -0.2) is 18.8 Å². The van der Waals surface area contributed by atoms with Crippen LogP contribution in [0.2, 0.25) is 0 Å². The lowest BCUT2D eigenvalue weighted by Crippen LogP contribution is -2.03. The number of ether oxygens (including phenoxy) is 1. The minimum atomic E-state index is 0.211. The number of benzene rings is 1. The fourth-order valence-corrected chi connectivity index (χ4v) is 1.29. The molecule has 3 heteroatoms. The Morgan fingerprint density at radius 1 is 1.46 bits per heavy atom. The molecule has 1 aromatic rings. The van der Waals surface area contributed by atoms with Crippen LogP contribution in [0.1, 0.15) is 11.1 Å². The first-order valence-electron chi connectivity index (χ1n) is 4.25. The summed E-state index contributed by atoms with van der Waals surface area (Å²) < 4.78 is 5.02. The van der Waals surface area contributed by atoms with E-state index in [-0.39, 0.29) is 5.75 Å². The average Bonchev–Trinajstić information content (AvgIpc) is 2.11. The fourth-order valence-electron chi connectivity index (χ4n) is 1.29. The molecule has 0 atom stereocenters. The summed E-state index contributed by atoms with van der Waals surface area (Å²) in [6.07, 6.45) is 0.803. The Kier molecular flexibility index (Phi) is 3.14. The second-order valence-corrected chi connectivity index (χ2v) is 3.00. The third kappa shape index (κ3) is 2.12. The van der Waals surface area contributed by atoms with E-state index in [9.17, 15) is 5.11 Å². The zero-order valence-electron chi connectivity index (χ0n) is 8.00. The van der Waals surface area contributed by atoms with E-state index in [2.05, 4.69) is 0 Å². The number of aromatic hydroxyl groups is 1. The van der Waals surface area contributed by atoms with Gasteiger partial charge >= 0.3 is 0 Å². The molecule has 0 heterocycles. The van der Waals surface area contributed by atoms with E-state index < -0.39 is 0 Å². The van der Waals surface area contributed by atoms with Crippen LogP contribution in [0.15, 0.2) is 12.1 Å². The van der Waals surface area contributed by atoms with Crippen molar-refractivity contribution in [2.75, 3.05) is 13.7 Å². The van der Waals surface area contributed by atoms with E-state index in [1.807, 2.05) is 19.1 Å².